The van der Waals surface area contributed by atoms with Gasteiger partial charge in [-0.1, -0.05) is 12.1 Å². The number of ether oxygens (including phenoxy) is 2. The third-order valence-corrected chi connectivity index (χ3v) is 4.32. The van der Waals surface area contributed by atoms with Crippen LogP contribution in [-0.4, -0.2) is 52.9 Å². The summed E-state index contributed by atoms with van der Waals surface area (Å²) in [7, 11) is 3.33. The van der Waals surface area contributed by atoms with Crippen molar-refractivity contribution in [2.24, 2.45) is 5.41 Å². The largest absolute Gasteiger partial charge is 0.495 e. The lowest BCUT2D eigenvalue weighted by atomic mass is 9.79. The fourth-order valence-electron chi connectivity index (χ4n) is 2.95. The van der Waals surface area contributed by atoms with Crippen LogP contribution in [0.1, 0.15) is 12.8 Å². The minimum absolute atomic E-state index is 0. The molecule has 1 saturated heterocycles. The van der Waals surface area contributed by atoms with E-state index in [1.807, 2.05) is 24.3 Å². The molecule has 0 bridgehead atoms. The Bertz CT molecular complexity index is 506. The number of para-hydroxylation sites is 2. The van der Waals surface area contributed by atoms with Gasteiger partial charge in [0.25, 0.3) is 0 Å². The molecule has 0 aromatic heterocycles. The van der Waals surface area contributed by atoms with E-state index < -0.39 is 0 Å². The van der Waals surface area contributed by atoms with Crippen LogP contribution in [-0.2, 0) is 9.53 Å². The molecule has 0 atom stereocenters. The zero-order valence-corrected chi connectivity index (χ0v) is 16.4. The second kappa shape index (κ2) is 12.2. The van der Waals surface area contributed by atoms with Gasteiger partial charge in [-0.25, -0.2) is 0 Å². The van der Waals surface area contributed by atoms with Crippen molar-refractivity contribution in [1.29, 1.82) is 0 Å². The molecule has 1 aromatic rings. The maximum atomic E-state index is 12.1. The second-order valence-corrected chi connectivity index (χ2v) is 6.01. The number of hydrogen-bond donors (Lipinski definition) is 3. The monoisotopic (exact) mass is 393 g/mol. The summed E-state index contributed by atoms with van der Waals surface area (Å²) < 4.78 is 10.6. The Morgan fingerprint density at radius 3 is 2.52 bits per heavy atom. The Balaban J connectivity index is 0.00000288. The van der Waals surface area contributed by atoms with Gasteiger partial charge in [-0.3, -0.25) is 4.79 Å². The lowest BCUT2D eigenvalue weighted by Gasteiger charge is -2.37. The molecule has 0 spiro atoms. The third-order valence-electron chi connectivity index (χ3n) is 4.32. The molecule has 0 saturated carbocycles. The van der Waals surface area contributed by atoms with Crippen LogP contribution in [0.3, 0.4) is 0 Å². The number of anilines is 1. The molecule has 2 rings (SSSR count). The van der Waals surface area contributed by atoms with E-state index in [1.54, 1.807) is 14.2 Å². The molecule has 1 aromatic carbocycles. The highest BCUT2D eigenvalue weighted by Gasteiger charge is 2.32. The quantitative estimate of drug-likeness (QED) is 0.630. The second-order valence-electron chi connectivity index (χ2n) is 6.01. The van der Waals surface area contributed by atoms with E-state index in [0.717, 1.165) is 37.4 Å². The van der Waals surface area contributed by atoms with E-state index in [1.165, 1.54) is 0 Å². The number of nitrogens with one attached hydrogen (secondary N) is 3. The smallest absolute Gasteiger partial charge is 0.239 e. The number of halogens is 2. The van der Waals surface area contributed by atoms with Crippen LogP contribution >= 0.6 is 24.8 Å². The maximum Gasteiger partial charge on any atom is 0.239 e. The van der Waals surface area contributed by atoms with Crippen molar-refractivity contribution < 1.29 is 14.3 Å². The topological polar surface area (TPSA) is 71.6 Å². The number of methoxy groups -OCH3 is 2. The molecule has 0 aliphatic carbocycles. The molecule has 0 unspecified atom stereocenters. The van der Waals surface area contributed by atoms with E-state index in [0.29, 0.717) is 13.2 Å². The highest BCUT2D eigenvalue weighted by molar-refractivity contribution is 5.85. The van der Waals surface area contributed by atoms with Gasteiger partial charge in [0.15, 0.2) is 0 Å². The maximum absolute atomic E-state index is 12.1. The zero-order valence-electron chi connectivity index (χ0n) is 14.8. The van der Waals surface area contributed by atoms with Gasteiger partial charge in [0.1, 0.15) is 5.75 Å². The Morgan fingerprint density at radius 2 is 1.88 bits per heavy atom. The molecule has 1 aliphatic heterocycles. The summed E-state index contributed by atoms with van der Waals surface area (Å²) in [5, 5.41) is 9.50. The number of carbonyl (C=O) groups excluding carboxylic acids is 1. The van der Waals surface area contributed by atoms with Gasteiger partial charge in [0, 0.05) is 19.1 Å². The fraction of sp³-hybridized carbons (Fsp3) is 0.588. The van der Waals surface area contributed by atoms with E-state index in [-0.39, 0.29) is 42.7 Å². The predicted molar refractivity (Wildman–Crippen MR) is 105 cm³/mol. The molecule has 6 nitrogen and oxygen atoms in total. The average Bonchev–Trinajstić information content (AvgIpc) is 2.59. The van der Waals surface area contributed by atoms with E-state index >= 15 is 0 Å². The van der Waals surface area contributed by atoms with Crippen LogP contribution in [0.5, 0.6) is 5.75 Å². The van der Waals surface area contributed by atoms with Gasteiger partial charge in [-0.2, -0.15) is 0 Å². The first-order chi connectivity index (χ1) is 11.2. The van der Waals surface area contributed by atoms with Crippen LogP contribution in [0.4, 0.5) is 5.69 Å². The van der Waals surface area contributed by atoms with E-state index in [2.05, 4.69) is 16.0 Å². The Kier molecular flexibility index (Phi) is 11.6. The first kappa shape index (κ1) is 23.8. The average molecular weight is 394 g/mol. The van der Waals surface area contributed by atoms with Crippen LogP contribution in [0.2, 0.25) is 0 Å². The van der Waals surface area contributed by atoms with Crippen LogP contribution in [0.25, 0.3) is 0 Å². The minimum Gasteiger partial charge on any atom is -0.495 e. The fourth-order valence-corrected chi connectivity index (χ4v) is 2.95. The summed E-state index contributed by atoms with van der Waals surface area (Å²) in [4.78, 5) is 12.1. The molecule has 1 amide bonds. The molecular weight excluding hydrogens is 365 g/mol. The summed E-state index contributed by atoms with van der Waals surface area (Å²) in [6, 6.07) is 7.56. The van der Waals surface area contributed by atoms with E-state index in [9.17, 15) is 4.79 Å². The van der Waals surface area contributed by atoms with Gasteiger partial charge in [0.05, 0.1) is 25.9 Å². The summed E-state index contributed by atoms with van der Waals surface area (Å²) in [5.41, 5.74) is 0.860. The summed E-state index contributed by atoms with van der Waals surface area (Å²) in [5.74, 6) is 0.708. The zero-order chi connectivity index (χ0) is 16.5. The first-order valence-electron chi connectivity index (χ1n) is 8.02. The Morgan fingerprint density at radius 1 is 1.20 bits per heavy atom. The number of rotatable bonds is 8. The van der Waals surface area contributed by atoms with Gasteiger partial charge in [-0.05, 0) is 38.1 Å². The predicted octanol–water partition coefficient (Wildman–Crippen LogP) is 2.08. The normalized spacial score (nSPS) is 15.3. The van der Waals surface area contributed by atoms with Crippen molar-refractivity contribution in [2.45, 2.75) is 12.8 Å². The van der Waals surface area contributed by atoms with Crippen molar-refractivity contribution in [3.8, 4) is 5.75 Å². The van der Waals surface area contributed by atoms with Crippen LogP contribution in [0, 0.1) is 5.41 Å². The standard InChI is InChI=1S/C17H27N3O3.2ClH/c1-22-13-17(7-9-18-10-8-17)12-20-16(21)11-19-14-5-3-4-6-15(14)23-2;;/h3-6,18-19H,7-13H2,1-2H3,(H,20,21);2*1H. The van der Waals surface area contributed by atoms with Crippen molar-refractivity contribution in [3.05, 3.63) is 24.3 Å². The SMILES string of the molecule is COCC1(CNC(=O)CNc2ccccc2OC)CCNCC1.Cl.Cl. The number of carbonyl (C=O) groups is 1. The molecule has 144 valence electrons. The summed E-state index contributed by atoms with van der Waals surface area (Å²) in [6.07, 6.45) is 2.03. The van der Waals surface area contributed by atoms with Crippen LogP contribution in [0.15, 0.2) is 24.3 Å². The number of benzene rings is 1. The van der Waals surface area contributed by atoms with Crippen molar-refractivity contribution in [1.82, 2.24) is 10.6 Å². The highest BCUT2D eigenvalue weighted by Crippen LogP contribution is 2.28. The number of piperidine rings is 1. The van der Waals surface area contributed by atoms with Crippen molar-refractivity contribution in [2.75, 3.05) is 52.3 Å². The summed E-state index contributed by atoms with van der Waals surface area (Å²) in [6.45, 7) is 3.49. The molecule has 1 fully saturated rings. The van der Waals surface area contributed by atoms with Gasteiger partial charge >= 0.3 is 0 Å². The number of amides is 1. The molecule has 8 heteroatoms. The molecule has 1 heterocycles. The lowest BCUT2D eigenvalue weighted by Crippen LogP contribution is -2.48. The molecule has 0 radical (unpaired) electrons. The van der Waals surface area contributed by atoms with Crippen molar-refractivity contribution in [3.63, 3.8) is 0 Å². The Labute approximate surface area is 162 Å². The van der Waals surface area contributed by atoms with Crippen LogP contribution < -0.4 is 20.7 Å². The van der Waals surface area contributed by atoms with Gasteiger partial charge in [0.2, 0.25) is 5.91 Å². The van der Waals surface area contributed by atoms with Crippen molar-refractivity contribution >= 4 is 36.4 Å². The third kappa shape index (κ3) is 7.28. The molecule has 3 N–H and O–H groups in total. The molecular formula is C17H29Cl2N3O3. The number of hydrogen-bond acceptors (Lipinski definition) is 5. The summed E-state index contributed by atoms with van der Waals surface area (Å²) >= 11 is 0. The molecule has 25 heavy (non-hydrogen) atoms. The van der Waals surface area contributed by atoms with Gasteiger partial charge in [-0.15, -0.1) is 24.8 Å². The van der Waals surface area contributed by atoms with Gasteiger partial charge < -0.3 is 25.4 Å². The first-order valence-corrected chi connectivity index (χ1v) is 8.02. The Hall–Kier alpha value is -1.21. The van der Waals surface area contributed by atoms with E-state index in [4.69, 9.17) is 9.47 Å². The molecule has 1 aliphatic rings. The highest BCUT2D eigenvalue weighted by atomic mass is 35.5. The lowest BCUT2D eigenvalue weighted by molar-refractivity contribution is -0.120. The minimum atomic E-state index is -0.0232.